The minimum atomic E-state index is -2.85. The summed E-state index contributed by atoms with van der Waals surface area (Å²) in [5, 5.41) is 56.4. The number of halogens is 1. The summed E-state index contributed by atoms with van der Waals surface area (Å²) < 4.78 is 5.42. The van der Waals surface area contributed by atoms with E-state index in [0.29, 0.717) is 9.91 Å². The van der Waals surface area contributed by atoms with Gasteiger partial charge in [0.2, 0.25) is 11.5 Å². The summed E-state index contributed by atoms with van der Waals surface area (Å²) in [6, 6.07) is -1.13. The van der Waals surface area contributed by atoms with Crippen molar-refractivity contribution in [1.29, 1.82) is 0 Å². The number of urea groups is 1. The fourth-order valence-corrected chi connectivity index (χ4v) is 3.63. The lowest BCUT2D eigenvalue weighted by molar-refractivity contribution is -0.422. The van der Waals surface area contributed by atoms with Crippen molar-refractivity contribution < 1.29 is 35.1 Å². The van der Waals surface area contributed by atoms with Crippen molar-refractivity contribution >= 4 is 17.6 Å². The van der Waals surface area contributed by atoms with Gasteiger partial charge in [-0.1, -0.05) is 27.7 Å². The van der Waals surface area contributed by atoms with Crippen LogP contribution in [0.5, 0.6) is 0 Å². The highest BCUT2D eigenvalue weighted by atomic mass is 35.5. The van der Waals surface area contributed by atoms with Gasteiger partial charge in [0.1, 0.15) is 18.3 Å². The van der Waals surface area contributed by atoms with E-state index >= 15 is 0 Å². The van der Waals surface area contributed by atoms with Gasteiger partial charge < -0.3 is 30.3 Å². The van der Waals surface area contributed by atoms with Gasteiger partial charge in [-0.25, -0.2) is 4.79 Å². The standard InChI is InChI=1S/C17H32ClN3O8/c1-10(2)7-16(26)17(27,14(24)13(23)12(9-22)29-16)20(8-11(3)4)15(25)21(19-28)6-5-18/h10-14,22-24,26-27H,5-9H2,1-4H3/t12-,13-,14+,16+,17-/m1/s1. The number of aliphatic hydroxyl groups is 5. The number of aliphatic hydroxyl groups excluding tert-OH is 3. The summed E-state index contributed by atoms with van der Waals surface area (Å²) in [6.07, 6.45) is -5.61. The third kappa shape index (κ3) is 5.16. The van der Waals surface area contributed by atoms with Crippen molar-refractivity contribution in [2.75, 3.05) is 25.6 Å². The Kier molecular flexibility index (Phi) is 9.21. The predicted octanol–water partition coefficient (Wildman–Crippen LogP) is -0.177. The molecule has 0 unspecified atom stereocenters. The van der Waals surface area contributed by atoms with Crippen LogP contribution >= 0.6 is 11.6 Å². The number of carbonyl (C=O) groups excluding carboxylic acids is 1. The quantitative estimate of drug-likeness (QED) is 0.142. The SMILES string of the molecule is CC(C)CN(C(=O)N(CCCl)N=O)[C@@]1(O)[C@@H](O)[C@H](O)[C@@H](CO)O[C@@]1(O)CC(C)C. The van der Waals surface area contributed by atoms with Crippen LogP contribution in [0.4, 0.5) is 4.79 Å². The van der Waals surface area contributed by atoms with E-state index in [4.69, 9.17) is 16.3 Å². The molecule has 1 fully saturated rings. The Morgan fingerprint density at radius 1 is 1.21 bits per heavy atom. The Labute approximate surface area is 174 Å². The van der Waals surface area contributed by atoms with Crippen LogP contribution in [-0.4, -0.2) is 96.9 Å². The number of hydrogen-bond acceptors (Lipinski definition) is 9. The molecule has 5 N–H and O–H groups in total. The number of alkyl halides is 1. The number of rotatable bonds is 9. The van der Waals surface area contributed by atoms with Gasteiger partial charge in [-0.15, -0.1) is 16.5 Å². The average Bonchev–Trinajstić information content (AvgIpc) is 2.64. The fraction of sp³-hybridized carbons (Fsp3) is 0.941. The maximum Gasteiger partial charge on any atom is 0.345 e. The molecule has 11 nitrogen and oxygen atoms in total. The number of carbonyl (C=O) groups is 1. The first-order valence-electron chi connectivity index (χ1n) is 9.47. The van der Waals surface area contributed by atoms with Crippen molar-refractivity contribution in [3.8, 4) is 0 Å². The molecule has 0 aromatic carbocycles. The Morgan fingerprint density at radius 2 is 1.79 bits per heavy atom. The van der Waals surface area contributed by atoms with Gasteiger partial charge in [0.05, 0.1) is 18.4 Å². The van der Waals surface area contributed by atoms with E-state index in [1.807, 2.05) is 0 Å². The summed E-state index contributed by atoms with van der Waals surface area (Å²) >= 11 is 5.60. The molecule has 0 radical (unpaired) electrons. The summed E-state index contributed by atoms with van der Waals surface area (Å²) in [4.78, 5) is 24.8. The molecular weight excluding hydrogens is 410 g/mol. The molecule has 1 aliphatic heterocycles. The molecular formula is C17H32ClN3O8. The van der Waals surface area contributed by atoms with E-state index in [-0.39, 0.29) is 37.2 Å². The Morgan fingerprint density at radius 3 is 2.21 bits per heavy atom. The van der Waals surface area contributed by atoms with Crippen LogP contribution in [0, 0.1) is 16.7 Å². The van der Waals surface area contributed by atoms with Crippen molar-refractivity contribution in [2.45, 2.75) is 63.9 Å². The van der Waals surface area contributed by atoms with Crippen LogP contribution in [0.3, 0.4) is 0 Å². The number of nitrogens with zero attached hydrogens (tertiary/aromatic N) is 3. The molecule has 1 aliphatic rings. The number of hydrogen-bond donors (Lipinski definition) is 5. The molecule has 2 amide bonds. The number of ether oxygens (including phenoxy) is 1. The summed E-state index contributed by atoms with van der Waals surface area (Å²) in [5.74, 6) is -3.26. The highest BCUT2D eigenvalue weighted by Crippen LogP contribution is 2.43. The second-order valence-corrected chi connectivity index (χ2v) is 8.44. The highest BCUT2D eigenvalue weighted by Gasteiger charge is 2.67. The zero-order chi connectivity index (χ0) is 22.6. The zero-order valence-electron chi connectivity index (χ0n) is 17.1. The molecule has 170 valence electrons. The number of amides is 2. The van der Waals surface area contributed by atoms with Crippen molar-refractivity contribution in [1.82, 2.24) is 9.91 Å². The smallest absolute Gasteiger partial charge is 0.345 e. The van der Waals surface area contributed by atoms with Crippen LogP contribution in [0.25, 0.3) is 0 Å². The lowest BCUT2D eigenvalue weighted by atomic mass is 9.80. The van der Waals surface area contributed by atoms with E-state index < -0.39 is 42.5 Å². The van der Waals surface area contributed by atoms with E-state index in [1.165, 1.54) is 0 Å². The zero-order valence-corrected chi connectivity index (χ0v) is 17.9. The first-order valence-corrected chi connectivity index (χ1v) is 10.0. The summed E-state index contributed by atoms with van der Waals surface area (Å²) in [7, 11) is 0. The van der Waals surface area contributed by atoms with Gasteiger partial charge in [0, 0.05) is 18.8 Å². The summed E-state index contributed by atoms with van der Waals surface area (Å²) in [6.45, 7) is 5.56. The van der Waals surface area contributed by atoms with Crippen LogP contribution in [-0.2, 0) is 4.74 Å². The van der Waals surface area contributed by atoms with Crippen LogP contribution in [0.1, 0.15) is 34.1 Å². The number of nitroso groups, excluding NO2 is 1. The highest BCUT2D eigenvalue weighted by molar-refractivity contribution is 6.18. The van der Waals surface area contributed by atoms with Crippen LogP contribution in [0.2, 0.25) is 0 Å². The lowest BCUT2D eigenvalue weighted by Crippen LogP contribution is -2.80. The molecule has 0 saturated carbocycles. The van der Waals surface area contributed by atoms with Crippen molar-refractivity contribution in [2.24, 2.45) is 17.1 Å². The summed E-state index contributed by atoms with van der Waals surface area (Å²) in [5.41, 5.74) is -2.85. The first kappa shape index (κ1) is 26.0. The maximum atomic E-state index is 13.0. The maximum absolute atomic E-state index is 13.0. The second kappa shape index (κ2) is 10.3. The predicted molar refractivity (Wildman–Crippen MR) is 103 cm³/mol. The van der Waals surface area contributed by atoms with E-state index in [9.17, 15) is 35.2 Å². The Hall–Kier alpha value is -1.08. The average molecular weight is 442 g/mol. The molecule has 12 heteroatoms. The molecule has 29 heavy (non-hydrogen) atoms. The Bertz CT molecular complexity index is 569. The van der Waals surface area contributed by atoms with E-state index in [0.717, 1.165) is 0 Å². The minimum Gasteiger partial charge on any atom is -0.394 e. The molecule has 1 rings (SSSR count). The topological polar surface area (TPSA) is 163 Å². The molecule has 1 heterocycles. The minimum absolute atomic E-state index is 0.129. The Balaban J connectivity index is 3.59. The largest absolute Gasteiger partial charge is 0.394 e. The molecule has 1 saturated heterocycles. The third-order valence-corrected chi connectivity index (χ3v) is 4.88. The van der Waals surface area contributed by atoms with Crippen LogP contribution < -0.4 is 0 Å². The fourth-order valence-electron chi connectivity index (χ4n) is 3.47. The lowest BCUT2D eigenvalue weighted by Gasteiger charge is -2.57. The van der Waals surface area contributed by atoms with E-state index in [1.54, 1.807) is 27.7 Å². The van der Waals surface area contributed by atoms with E-state index in [2.05, 4.69) is 5.29 Å². The molecule has 0 aromatic rings. The molecule has 0 aliphatic carbocycles. The van der Waals surface area contributed by atoms with Gasteiger partial charge in [-0.2, -0.15) is 5.01 Å². The molecule has 0 bridgehead atoms. The third-order valence-electron chi connectivity index (χ3n) is 4.71. The molecule has 0 spiro atoms. The molecule has 0 aromatic heterocycles. The van der Waals surface area contributed by atoms with Gasteiger partial charge in [0.15, 0.2) is 0 Å². The monoisotopic (exact) mass is 441 g/mol. The van der Waals surface area contributed by atoms with Gasteiger partial charge >= 0.3 is 6.03 Å². The van der Waals surface area contributed by atoms with Gasteiger partial charge in [-0.3, -0.25) is 4.90 Å². The second-order valence-electron chi connectivity index (χ2n) is 8.06. The molecule has 5 atom stereocenters. The normalized spacial score (nSPS) is 32.5. The van der Waals surface area contributed by atoms with Crippen molar-refractivity contribution in [3.05, 3.63) is 4.91 Å². The first-order chi connectivity index (χ1) is 13.4. The van der Waals surface area contributed by atoms with Gasteiger partial charge in [-0.05, 0) is 11.8 Å². The van der Waals surface area contributed by atoms with Crippen LogP contribution in [0.15, 0.2) is 5.29 Å². The van der Waals surface area contributed by atoms with Crippen molar-refractivity contribution in [3.63, 3.8) is 0 Å². The van der Waals surface area contributed by atoms with Gasteiger partial charge in [0.25, 0.3) is 0 Å².